The van der Waals surface area contributed by atoms with E-state index in [-0.39, 0.29) is 17.3 Å². The van der Waals surface area contributed by atoms with E-state index in [1.165, 1.54) is 37.3 Å². The molecule has 0 aliphatic heterocycles. The van der Waals surface area contributed by atoms with Crippen molar-refractivity contribution in [3.8, 4) is 0 Å². The Hall–Kier alpha value is -1.44. The Labute approximate surface area is 138 Å². The van der Waals surface area contributed by atoms with Crippen LogP contribution in [-0.2, 0) is 14.8 Å². The fourth-order valence-electron chi connectivity index (χ4n) is 2.22. The minimum Gasteiger partial charge on any atom is -0.325 e. The molecule has 6 nitrogen and oxygen atoms in total. The summed E-state index contributed by atoms with van der Waals surface area (Å²) in [7, 11) is -0.547. The van der Waals surface area contributed by atoms with E-state index in [9.17, 15) is 13.2 Å². The molecule has 0 atom stereocenters. The number of hydrogen-bond donors (Lipinski definition) is 2. The molecule has 1 aliphatic carbocycles. The summed E-state index contributed by atoms with van der Waals surface area (Å²) in [4.78, 5) is 12.2. The third-order valence-corrected chi connectivity index (χ3v) is 5.90. The molecule has 0 aromatic heterocycles. The third kappa shape index (κ3) is 4.53. The number of nitrogens with one attached hydrogen (secondary N) is 2. The van der Waals surface area contributed by atoms with E-state index in [1.807, 2.05) is 13.8 Å². The summed E-state index contributed by atoms with van der Waals surface area (Å²) in [6, 6.07) is 3.15. The second kappa shape index (κ2) is 6.98. The summed E-state index contributed by atoms with van der Waals surface area (Å²) < 4.78 is 25.7. The smallest absolute Gasteiger partial charge is 0.242 e. The molecule has 0 bridgehead atoms. The minimum atomic E-state index is -3.53. The van der Waals surface area contributed by atoms with E-state index in [4.69, 9.17) is 0 Å². The number of hydrogen-bond acceptors (Lipinski definition) is 4. The van der Waals surface area contributed by atoms with Gasteiger partial charge in [-0.15, -0.1) is 0 Å². The number of carbonyl (C=O) groups is 1. The first-order valence-corrected chi connectivity index (χ1v) is 9.20. The lowest BCUT2D eigenvalue weighted by atomic mass is 10.1. The molecule has 0 spiro atoms. The number of anilines is 1. The van der Waals surface area contributed by atoms with E-state index in [0.29, 0.717) is 11.6 Å². The number of carbonyl (C=O) groups excluding carboxylic acids is 1. The Kier molecular flexibility index (Phi) is 5.44. The van der Waals surface area contributed by atoms with Gasteiger partial charge in [-0.3, -0.25) is 4.79 Å². The van der Waals surface area contributed by atoms with Crippen molar-refractivity contribution >= 4 is 21.6 Å². The lowest BCUT2D eigenvalue weighted by Crippen LogP contribution is -2.30. The van der Waals surface area contributed by atoms with Crippen LogP contribution in [0.15, 0.2) is 17.0 Å². The van der Waals surface area contributed by atoms with Crippen molar-refractivity contribution in [3.05, 3.63) is 23.3 Å². The normalized spacial score (nSPS) is 15.0. The number of aryl methyl sites for hydroxylation is 1. The van der Waals surface area contributed by atoms with E-state index in [2.05, 4.69) is 10.6 Å². The predicted molar refractivity (Wildman–Crippen MR) is 91.0 cm³/mol. The van der Waals surface area contributed by atoms with E-state index >= 15 is 0 Å². The van der Waals surface area contributed by atoms with Crippen molar-refractivity contribution in [1.82, 2.24) is 9.62 Å². The van der Waals surface area contributed by atoms with Crippen LogP contribution in [0.5, 0.6) is 0 Å². The maximum absolute atomic E-state index is 12.3. The van der Waals surface area contributed by atoms with E-state index in [1.54, 1.807) is 6.07 Å². The van der Waals surface area contributed by atoms with Crippen molar-refractivity contribution < 1.29 is 13.2 Å². The fraction of sp³-hybridized carbons (Fsp3) is 0.562. The Morgan fingerprint density at radius 3 is 2.48 bits per heavy atom. The fourth-order valence-corrected chi connectivity index (χ4v) is 3.24. The largest absolute Gasteiger partial charge is 0.325 e. The summed E-state index contributed by atoms with van der Waals surface area (Å²) in [5.74, 6) is 0.549. The molecular weight excluding hydrogens is 314 g/mol. The van der Waals surface area contributed by atoms with Crippen molar-refractivity contribution in [2.24, 2.45) is 5.92 Å². The maximum Gasteiger partial charge on any atom is 0.242 e. The number of nitrogens with zero attached hydrogens (tertiary/aromatic N) is 1. The van der Waals surface area contributed by atoms with Crippen LogP contribution in [0.3, 0.4) is 0 Å². The number of sulfonamides is 1. The number of amides is 1. The molecule has 1 aliphatic rings. The zero-order valence-corrected chi connectivity index (χ0v) is 15.0. The van der Waals surface area contributed by atoms with Crippen LogP contribution in [0.4, 0.5) is 5.69 Å². The molecule has 2 rings (SSSR count). The Morgan fingerprint density at radius 2 is 1.91 bits per heavy atom. The molecule has 2 N–H and O–H groups in total. The first-order chi connectivity index (χ1) is 10.7. The highest BCUT2D eigenvalue weighted by atomic mass is 32.2. The molecule has 1 fully saturated rings. The van der Waals surface area contributed by atoms with Gasteiger partial charge in [-0.25, -0.2) is 12.7 Å². The highest BCUT2D eigenvalue weighted by Gasteiger charge is 2.22. The monoisotopic (exact) mass is 339 g/mol. The molecule has 0 heterocycles. The van der Waals surface area contributed by atoms with Crippen LogP contribution in [0.25, 0.3) is 0 Å². The van der Waals surface area contributed by atoms with Crippen LogP contribution >= 0.6 is 0 Å². The molecule has 1 amide bonds. The lowest BCUT2D eigenvalue weighted by molar-refractivity contribution is -0.115. The molecule has 128 valence electrons. The van der Waals surface area contributed by atoms with Gasteiger partial charge >= 0.3 is 0 Å². The molecule has 7 heteroatoms. The minimum absolute atomic E-state index is 0.160. The molecule has 0 unspecified atom stereocenters. The molecular formula is C16H25N3O3S. The third-order valence-electron chi connectivity index (χ3n) is 4.11. The zero-order chi connectivity index (χ0) is 17.2. The summed E-state index contributed by atoms with van der Waals surface area (Å²) in [5.41, 5.74) is 2.25. The van der Waals surface area contributed by atoms with Gasteiger partial charge in [0.2, 0.25) is 15.9 Å². The topological polar surface area (TPSA) is 78.5 Å². The Balaban J connectivity index is 2.13. The molecule has 23 heavy (non-hydrogen) atoms. The Bertz CT molecular complexity index is 695. The van der Waals surface area contributed by atoms with Crippen molar-refractivity contribution in [1.29, 1.82) is 0 Å². The van der Waals surface area contributed by atoms with Crippen LogP contribution in [0.1, 0.15) is 24.0 Å². The molecule has 0 radical (unpaired) electrons. The van der Waals surface area contributed by atoms with Gasteiger partial charge < -0.3 is 10.6 Å². The SMILES string of the molecule is Cc1cc(S(=O)(=O)N(C)C)cc(NC(=O)CNCC2CC2)c1C. The number of rotatable bonds is 7. The Morgan fingerprint density at radius 1 is 1.26 bits per heavy atom. The highest BCUT2D eigenvalue weighted by Crippen LogP contribution is 2.27. The van der Waals surface area contributed by atoms with Gasteiger partial charge in [0.1, 0.15) is 0 Å². The molecule has 1 aromatic rings. The quantitative estimate of drug-likeness (QED) is 0.789. The molecule has 0 saturated heterocycles. The first-order valence-electron chi connectivity index (χ1n) is 7.76. The van der Waals surface area contributed by atoms with Gasteiger partial charge in [-0.1, -0.05) is 0 Å². The zero-order valence-electron chi connectivity index (χ0n) is 14.1. The maximum atomic E-state index is 12.3. The van der Waals surface area contributed by atoms with Crippen molar-refractivity contribution in [3.63, 3.8) is 0 Å². The second-order valence-corrected chi connectivity index (χ2v) is 8.47. The van der Waals surface area contributed by atoms with E-state index < -0.39 is 10.0 Å². The van der Waals surface area contributed by atoms with Gasteiger partial charge in [0.15, 0.2) is 0 Å². The lowest BCUT2D eigenvalue weighted by Gasteiger charge is -2.16. The standard InChI is InChI=1S/C16H25N3O3S/c1-11-7-14(23(21,22)19(3)4)8-15(12(11)2)18-16(20)10-17-9-13-5-6-13/h7-8,13,17H,5-6,9-10H2,1-4H3,(H,18,20). The van der Waals surface area contributed by atoms with Crippen LogP contribution in [0, 0.1) is 19.8 Å². The average Bonchev–Trinajstić information content (AvgIpc) is 3.27. The summed E-state index contributed by atoms with van der Waals surface area (Å²) in [5, 5.41) is 5.94. The van der Waals surface area contributed by atoms with Crippen LogP contribution in [-0.4, -0.2) is 45.8 Å². The highest BCUT2D eigenvalue weighted by molar-refractivity contribution is 7.89. The van der Waals surface area contributed by atoms with Crippen molar-refractivity contribution in [2.45, 2.75) is 31.6 Å². The van der Waals surface area contributed by atoms with Gasteiger partial charge in [-0.2, -0.15) is 0 Å². The number of benzene rings is 1. The predicted octanol–water partition coefficient (Wildman–Crippen LogP) is 1.49. The van der Waals surface area contributed by atoms with Gasteiger partial charge in [0, 0.05) is 19.8 Å². The molecule has 1 saturated carbocycles. The van der Waals surface area contributed by atoms with Crippen molar-refractivity contribution in [2.75, 3.05) is 32.5 Å². The molecule has 1 aromatic carbocycles. The van der Waals surface area contributed by atoms with Gasteiger partial charge in [0.05, 0.1) is 11.4 Å². The van der Waals surface area contributed by atoms with Gasteiger partial charge in [-0.05, 0) is 62.4 Å². The van der Waals surface area contributed by atoms with E-state index in [0.717, 1.165) is 17.7 Å². The summed E-state index contributed by atoms with van der Waals surface area (Å²) in [6.07, 6.45) is 2.47. The van der Waals surface area contributed by atoms with Gasteiger partial charge in [0.25, 0.3) is 0 Å². The van der Waals surface area contributed by atoms with Crippen LogP contribution < -0.4 is 10.6 Å². The summed E-state index contributed by atoms with van der Waals surface area (Å²) in [6.45, 7) is 4.81. The average molecular weight is 339 g/mol. The van der Waals surface area contributed by atoms with Crippen LogP contribution in [0.2, 0.25) is 0 Å². The first kappa shape index (κ1) is 17.9. The second-order valence-electron chi connectivity index (χ2n) is 6.32. The summed E-state index contributed by atoms with van der Waals surface area (Å²) >= 11 is 0.